The predicted octanol–water partition coefficient (Wildman–Crippen LogP) is 5.33. The Hall–Kier alpha value is -0.940. The molecule has 32 heavy (non-hydrogen) atoms. The number of allylic oxidation sites excluding steroid dienone is 3. The summed E-state index contributed by atoms with van der Waals surface area (Å²) in [5, 5.41) is 30.9. The van der Waals surface area contributed by atoms with Crippen LogP contribution in [0.15, 0.2) is 35.5 Å². The number of fused-ring (bicyclic) bond motifs is 1. The summed E-state index contributed by atoms with van der Waals surface area (Å²) in [6.45, 7) is 12.8. The Labute approximate surface area is 195 Å². The van der Waals surface area contributed by atoms with E-state index in [1.165, 1.54) is 44.8 Å². The van der Waals surface area contributed by atoms with Crippen molar-refractivity contribution in [3.8, 4) is 0 Å². The minimum absolute atomic E-state index is 0.348. The van der Waals surface area contributed by atoms with Crippen LogP contribution in [-0.4, -0.2) is 46.3 Å². The highest BCUT2D eigenvalue weighted by atomic mass is 16.5. The molecule has 0 unspecified atom stereocenters. The van der Waals surface area contributed by atoms with Gasteiger partial charge in [-0.15, -0.1) is 0 Å². The van der Waals surface area contributed by atoms with Crippen LogP contribution in [0.25, 0.3) is 0 Å². The van der Waals surface area contributed by atoms with Crippen LogP contribution in [0.2, 0.25) is 0 Å². The van der Waals surface area contributed by atoms with Crippen LogP contribution in [0, 0.1) is 23.2 Å². The molecule has 0 radical (unpaired) electrons. The molecule has 3 aliphatic carbocycles. The van der Waals surface area contributed by atoms with Gasteiger partial charge in [-0.3, -0.25) is 0 Å². The molecular weight excluding hydrogens is 400 g/mol. The van der Waals surface area contributed by atoms with E-state index in [-0.39, 0.29) is 0 Å². The average Bonchev–Trinajstić information content (AvgIpc) is 3.06. The SMILES string of the molecule is C=C1/C(=C\C=C2/CCC[C@]3(C)[C@@H]([C@H](C)CCCC(C)(C)O)CC[C@@H]23)C[C@@H](O)[C@@H](OC)[C@@H]1O. The number of rotatable bonds is 7. The number of methoxy groups -OCH3 is 1. The van der Waals surface area contributed by atoms with E-state index in [1.807, 2.05) is 13.8 Å². The smallest absolute Gasteiger partial charge is 0.113 e. The lowest BCUT2D eigenvalue weighted by molar-refractivity contribution is -0.0759. The number of ether oxygens (including phenoxy) is 1. The van der Waals surface area contributed by atoms with Gasteiger partial charge >= 0.3 is 0 Å². The molecule has 0 spiro atoms. The summed E-state index contributed by atoms with van der Waals surface area (Å²) in [4.78, 5) is 0. The molecule has 0 bridgehead atoms. The first-order chi connectivity index (χ1) is 15.0. The van der Waals surface area contributed by atoms with Gasteiger partial charge in [0.2, 0.25) is 0 Å². The molecule has 182 valence electrons. The zero-order valence-corrected chi connectivity index (χ0v) is 20.9. The maximum Gasteiger partial charge on any atom is 0.113 e. The zero-order chi connectivity index (χ0) is 23.7. The number of aliphatic hydroxyl groups excluding tert-OH is 2. The first-order valence-electron chi connectivity index (χ1n) is 12.7. The lowest BCUT2D eigenvalue weighted by Crippen LogP contribution is -2.44. The molecule has 3 fully saturated rings. The van der Waals surface area contributed by atoms with Crippen molar-refractivity contribution >= 4 is 0 Å². The van der Waals surface area contributed by atoms with E-state index in [4.69, 9.17) is 4.74 Å². The number of aliphatic hydroxyl groups is 3. The molecule has 0 aromatic rings. The fraction of sp³-hybridized carbons (Fsp3) is 0.786. The maximum absolute atomic E-state index is 10.5. The van der Waals surface area contributed by atoms with Crippen molar-refractivity contribution < 1.29 is 20.1 Å². The summed E-state index contributed by atoms with van der Waals surface area (Å²) in [5.74, 6) is 2.04. The molecule has 7 atom stereocenters. The van der Waals surface area contributed by atoms with Crippen LogP contribution >= 0.6 is 0 Å². The van der Waals surface area contributed by atoms with Crippen LogP contribution in [0.5, 0.6) is 0 Å². The summed E-state index contributed by atoms with van der Waals surface area (Å²) < 4.78 is 5.26. The minimum atomic E-state index is -0.856. The lowest BCUT2D eigenvalue weighted by Gasteiger charge is -2.44. The summed E-state index contributed by atoms with van der Waals surface area (Å²) in [7, 11) is 1.52. The molecular formula is C28H46O4. The summed E-state index contributed by atoms with van der Waals surface area (Å²) in [6.07, 6.45) is 12.0. The third-order valence-corrected chi connectivity index (χ3v) is 8.83. The van der Waals surface area contributed by atoms with Gasteiger partial charge in [-0.25, -0.2) is 0 Å². The van der Waals surface area contributed by atoms with E-state index in [0.29, 0.717) is 29.2 Å². The zero-order valence-electron chi connectivity index (χ0n) is 20.9. The third-order valence-electron chi connectivity index (χ3n) is 8.83. The van der Waals surface area contributed by atoms with Crippen molar-refractivity contribution in [3.05, 3.63) is 35.5 Å². The molecule has 4 heteroatoms. The Kier molecular flexibility index (Phi) is 8.13. The van der Waals surface area contributed by atoms with Crippen molar-refractivity contribution in [1.29, 1.82) is 0 Å². The second-order valence-electron chi connectivity index (χ2n) is 11.7. The van der Waals surface area contributed by atoms with Gasteiger partial charge in [0, 0.05) is 13.5 Å². The van der Waals surface area contributed by atoms with Crippen LogP contribution in [0.1, 0.15) is 85.5 Å². The first kappa shape index (κ1) is 25.7. The molecule has 3 aliphatic rings. The Balaban J connectivity index is 1.71. The molecule has 0 amide bonds. The fourth-order valence-corrected chi connectivity index (χ4v) is 7.01. The van der Waals surface area contributed by atoms with Gasteiger partial charge in [0.15, 0.2) is 0 Å². The largest absolute Gasteiger partial charge is 0.390 e. The molecule has 0 aromatic carbocycles. The Bertz CT molecular complexity index is 730. The maximum atomic E-state index is 10.5. The highest BCUT2D eigenvalue weighted by Crippen LogP contribution is 2.60. The second-order valence-corrected chi connectivity index (χ2v) is 11.7. The quantitative estimate of drug-likeness (QED) is 0.494. The van der Waals surface area contributed by atoms with Gasteiger partial charge in [0.05, 0.1) is 11.7 Å². The second kappa shape index (κ2) is 10.1. The molecule has 4 nitrogen and oxygen atoms in total. The first-order valence-corrected chi connectivity index (χ1v) is 12.7. The normalized spacial score (nSPS) is 39.5. The lowest BCUT2D eigenvalue weighted by atomic mass is 9.60. The Morgan fingerprint density at radius 1 is 1.25 bits per heavy atom. The fourth-order valence-electron chi connectivity index (χ4n) is 7.01. The predicted molar refractivity (Wildman–Crippen MR) is 130 cm³/mol. The van der Waals surface area contributed by atoms with E-state index in [0.717, 1.165) is 30.8 Å². The van der Waals surface area contributed by atoms with Gasteiger partial charge in [0.25, 0.3) is 0 Å². The van der Waals surface area contributed by atoms with Crippen molar-refractivity contribution in [2.24, 2.45) is 23.2 Å². The number of hydrogen-bond acceptors (Lipinski definition) is 4. The topological polar surface area (TPSA) is 69.9 Å². The van der Waals surface area contributed by atoms with E-state index < -0.39 is 23.9 Å². The minimum Gasteiger partial charge on any atom is -0.390 e. The van der Waals surface area contributed by atoms with Crippen molar-refractivity contribution in [2.45, 2.75) is 109 Å². The molecule has 0 saturated heterocycles. The van der Waals surface area contributed by atoms with Crippen LogP contribution < -0.4 is 0 Å². The van der Waals surface area contributed by atoms with E-state index in [2.05, 4.69) is 32.6 Å². The molecule has 3 saturated carbocycles. The van der Waals surface area contributed by atoms with Crippen LogP contribution in [0.4, 0.5) is 0 Å². The monoisotopic (exact) mass is 446 g/mol. The van der Waals surface area contributed by atoms with Gasteiger partial charge in [-0.05, 0) is 86.7 Å². The van der Waals surface area contributed by atoms with E-state index >= 15 is 0 Å². The molecule has 0 heterocycles. The number of hydrogen-bond donors (Lipinski definition) is 3. The standard InChI is InChI=1S/C28H46O4/c1-18(9-7-15-27(3,4)31)22-13-14-23-20(10-8-16-28(22,23)5)11-12-21-17-24(29)26(32-6)25(30)19(21)2/h11-12,18,22-26,29-31H,2,7-10,13-17H2,1,3-6H3/b20-11+,21-12-/t18-,22-,23+,24-,25-,26-,28-/m1/s1. The van der Waals surface area contributed by atoms with E-state index in [9.17, 15) is 15.3 Å². The van der Waals surface area contributed by atoms with Gasteiger partial charge < -0.3 is 20.1 Å². The highest BCUT2D eigenvalue weighted by molar-refractivity contribution is 5.40. The van der Waals surface area contributed by atoms with Crippen molar-refractivity contribution in [3.63, 3.8) is 0 Å². The molecule has 0 aliphatic heterocycles. The van der Waals surface area contributed by atoms with E-state index in [1.54, 1.807) is 0 Å². The Morgan fingerprint density at radius 3 is 2.62 bits per heavy atom. The van der Waals surface area contributed by atoms with Gasteiger partial charge in [-0.1, -0.05) is 51.0 Å². The van der Waals surface area contributed by atoms with Gasteiger partial charge in [-0.2, -0.15) is 0 Å². The van der Waals surface area contributed by atoms with Gasteiger partial charge in [0.1, 0.15) is 12.2 Å². The summed E-state index contributed by atoms with van der Waals surface area (Å²) >= 11 is 0. The average molecular weight is 447 g/mol. The molecule has 3 N–H and O–H groups in total. The summed E-state index contributed by atoms with van der Waals surface area (Å²) in [6, 6.07) is 0. The van der Waals surface area contributed by atoms with Crippen molar-refractivity contribution in [1.82, 2.24) is 0 Å². The molecule has 0 aromatic heterocycles. The Morgan fingerprint density at radius 2 is 1.97 bits per heavy atom. The third kappa shape index (κ3) is 5.41. The van der Waals surface area contributed by atoms with Crippen molar-refractivity contribution in [2.75, 3.05) is 7.11 Å². The molecule has 3 rings (SSSR count). The highest BCUT2D eigenvalue weighted by Gasteiger charge is 2.50. The van der Waals surface area contributed by atoms with Crippen LogP contribution in [0.3, 0.4) is 0 Å². The van der Waals surface area contributed by atoms with Crippen LogP contribution in [-0.2, 0) is 4.74 Å². The summed E-state index contributed by atoms with van der Waals surface area (Å²) in [5.41, 5.74) is 2.92.